The van der Waals surface area contributed by atoms with Gasteiger partial charge in [-0.05, 0) is 68.7 Å². The molecule has 5 rings (SSSR count). The molecule has 0 spiro atoms. The number of imidazole rings is 1. The SMILES string of the molecule is Cc1ccc2nc(COc3ccc(C(=O)N4CCC(NC(=O)c5occc5C)CC4)cc3)cn2c1. The van der Waals surface area contributed by atoms with Gasteiger partial charge in [0.05, 0.1) is 12.0 Å². The van der Waals surface area contributed by atoms with Crippen molar-refractivity contribution < 1.29 is 18.7 Å². The molecule has 4 heterocycles. The average molecular weight is 473 g/mol. The predicted molar refractivity (Wildman–Crippen MR) is 131 cm³/mol. The van der Waals surface area contributed by atoms with E-state index >= 15 is 0 Å². The minimum atomic E-state index is -0.202. The van der Waals surface area contributed by atoms with E-state index < -0.39 is 0 Å². The van der Waals surface area contributed by atoms with Gasteiger partial charge in [-0.2, -0.15) is 0 Å². The van der Waals surface area contributed by atoms with Crippen LogP contribution in [0.3, 0.4) is 0 Å². The van der Waals surface area contributed by atoms with Crippen molar-refractivity contribution in [2.75, 3.05) is 13.1 Å². The fourth-order valence-electron chi connectivity index (χ4n) is 4.34. The molecular weight excluding hydrogens is 444 g/mol. The number of carbonyl (C=O) groups excluding carboxylic acids is 2. The normalized spacial score (nSPS) is 14.3. The molecule has 35 heavy (non-hydrogen) atoms. The summed E-state index contributed by atoms with van der Waals surface area (Å²) in [6, 6.07) is 13.0. The molecule has 8 nitrogen and oxygen atoms in total. The summed E-state index contributed by atoms with van der Waals surface area (Å²) in [6.45, 7) is 5.42. The number of piperidine rings is 1. The molecule has 1 aliphatic heterocycles. The second-order valence-corrected chi connectivity index (χ2v) is 8.99. The molecule has 4 aromatic rings. The number of aryl methyl sites for hydroxylation is 2. The predicted octanol–water partition coefficient (Wildman–Crippen LogP) is 4.16. The van der Waals surface area contributed by atoms with Crippen molar-refractivity contribution in [3.63, 3.8) is 0 Å². The van der Waals surface area contributed by atoms with E-state index in [2.05, 4.69) is 10.3 Å². The van der Waals surface area contributed by atoms with Crippen molar-refractivity contribution in [2.24, 2.45) is 0 Å². The third-order valence-corrected chi connectivity index (χ3v) is 6.32. The van der Waals surface area contributed by atoms with Crippen LogP contribution in [0.25, 0.3) is 5.65 Å². The molecule has 1 aromatic carbocycles. The maximum Gasteiger partial charge on any atom is 0.287 e. The number of nitrogens with zero attached hydrogens (tertiary/aromatic N) is 3. The number of pyridine rings is 1. The molecule has 0 saturated carbocycles. The zero-order valence-electron chi connectivity index (χ0n) is 19.9. The summed E-state index contributed by atoms with van der Waals surface area (Å²) in [5.74, 6) is 0.817. The van der Waals surface area contributed by atoms with E-state index in [1.54, 1.807) is 18.2 Å². The van der Waals surface area contributed by atoms with E-state index in [0.29, 0.717) is 49.6 Å². The fourth-order valence-corrected chi connectivity index (χ4v) is 4.34. The van der Waals surface area contributed by atoms with E-state index in [0.717, 1.165) is 16.9 Å². The fraction of sp³-hybridized carbons (Fsp3) is 0.296. The molecule has 180 valence electrons. The van der Waals surface area contributed by atoms with Crippen LogP contribution in [0.15, 0.2) is 65.5 Å². The summed E-state index contributed by atoms with van der Waals surface area (Å²) >= 11 is 0. The summed E-state index contributed by atoms with van der Waals surface area (Å²) in [5.41, 5.74) is 4.33. The van der Waals surface area contributed by atoms with Gasteiger partial charge >= 0.3 is 0 Å². The molecule has 0 atom stereocenters. The Labute approximate surface area is 203 Å². The van der Waals surface area contributed by atoms with Gasteiger partial charge in [-0.3, -0.25) is 9.59 Å². The van der Waals surface area contributed by atoms with Crippen LogP contribution in [-0.2, 0) is 6.61 Å². The van der Waals surface area contributed by atoms with Gasteiger partial charge in [0.15, 0.2) is 5.76 Å². The number of hydrogen-bond donors (Lipinski definition) is 1. The van der Waals surface area contributed by atoms with Gasteiger partial charge in [-0.15, -0.1) is 0 Å². The van der Waals surface area contributed by atoms with Crippen molar-refractivity contribution in [3.05, 3.63) is 89.3 Å². The number of hydrogen-bond acceptors (Lipinski definition) is 5. The Kier molecular flexibility index (Phi) is 6.27. The van der Waals surface area contributed by atoms with Gasteiger partial charge in [-0.1, -0.05) is 6.07 Å². The van der Waals surface area contributed by atoms with Gasteiger partial charge in [0, 0.05) is 42.7 Å². The number of fused-ring (bicyclic) bond motifs is 1. The highest BCUT2D eigenvalue weighted by atomic mass is 16.5. The Hall–Kier alpha value is -4.07. The lowest BCUT2D eigenvalue weighted by Gasteiger charge is -2.32. The topological polar surface area (TPSA) is 89.1 Å². The van der Waals surface area contributed by atoms with Gasteiger partial charge in [0.1, 0.15) is 18.0 Å². The maximum atomic E-state index is 12.9. The molecule has 8 heteroatoms. The molecule has 0 aliphatic carbocycles. The van der Waals surface area contributed by atoms with Crippen molar-refractivity contribution in [1.29, 1.82) is 0 Å². The van der Waals surface area contributed by atoms with Crippen LogP contribution in [0.4, 0.5) is 0 Å². The monoisotopic (exact) mass is 472 g/mol. The molecule has 0 bridgehead atoms. The molecule has 2 amide bonds. The van der Waals surface area contributed by atoms with Crippen LogP contribution in [-0.4, -0.2) is 45.2 Å². The summed E-state index contributed by atoms with van der Waals surface area (Å²) in [6.07, 6.45) is 6.92. The van der Waals surface area contributed by atoms with Crippen LogP contribution in [0.2, 0.25) is 0 Å². The lowest BCUT2D eigenvalue weighted by Crippen LogP contribution is -2.46. The number of furan rings is 1. The standard InChI is InChI=1S/C27H28N4O4/c1-18-3-8-24-28-22(16-31(24)15-18)17-35-23-6-4-20(5-7-23)27(33)30-12-9-21(10-13-30)29-26(32)25-19(2)11-14-34-25/h3-8,11,14-16,21H,9-10,12-13,17H2,1-2H3,(H,29,32). The quantitative estimate of drug-likeness (QED) is 0.455. The Morgan fingerprint density at radius 3 is 2.54 bits per heavy atom. The van der Waals surface area contributed by atoms with E-state index in [4.69, 9.17) is 9.15 Å². The van der Waals surface area contributed by atoms with E-state index in [1.807, 2.05) is 59.8 Å². The van der Waals surface area contributed by atoms with Gasteiger partial charge < -0.3 is 23.8 Å². The van der Waals surface area contributed by atoms with Crippen molar-refractivity contribution >= 4 is 17.5 Å². The first-order valence-corrected chi connectivity index (χ1v) is 11.8. The first kappa shape index (κ1) is 22.7. The number of rotatable bonds is 6. The Morgan fingerprint density at radius 2 is 1.83 bits per heavy atom. The van der Waals surface area contributed by atoms with Crippen LogP contribution in [0, 0.1) is 13.8 Å². The number of nitrogens with one attached hydrogen (secondary N) is 1. The molecule has 1 N–H and O–H groups in total. The van der Waals surface area contributed by atoms with Gasteiger partial charge in [0.25, 0.3) is 11.8 Å². The molecular formula is C27H28N4O4. The Morgan fingerprint density at radius 1 is 1.06 bits per heavy atom. The first-order chi connectivity index (χ1) is 17.0. The highest BCUT2D eigenvalue weighted by molar-refractivity contribution is 5.94. The van der Waals surface area contributed by atoms with Crippen LogP contribution < -0.4 is 10.1 Å². The molecule has 1 fully saturated rings. The van der Waals surface area contributed by atoms with E-state index in [9.17, 15) is 9.59 Å². The van der Waals surface area contributed by atoms with Crippen molar-refractivity contribution in [3.8, 4) is 5.75 Å². The van der Waals surface area contributed by atoms with Crippen LogP contribution >= 0.6 is 0 Å². The zero-order valence-corrected chi connectivity index (χ0v) is 19.9. The molecule has 1 saturated heterocycles. The first-order valence-electron chi connectivity index (χ1n) is 11.8. The third kappa shape index (κ3) is 5.06. The summed E-state index contributed by atoms with van der Waals surface area (Å²) < 4.78 is 13.1. The Balaban J connectivity index is 1.12. The number of carbonyl (C=O) groups is 2. The molecule has 0 unspecified atom stereocenters. The molecule has 1 aliphatic rings. The highest BCUT2D eigenvalue weighted by Crippen LogP contribution is 2.19. The third-order valence-electron chi connectivity index (χ3n) is 6.32. The van der Waals surface area contributed by atoms with Crippen LogP contribution in [0.1, 0.15) is 50.6 Å². The number of benzene rings is 1. The smallest absolute Gasteiger partial charge is 0.287 e. The summed E-state index contributed by atoms with van der Waals surface area (Å²) in [7, 11) is 0. The number of likely N-dealkylation sites (tertiary alicyclic amines) is 1. The number of ether oxygens (including phenoxy) is 1. The second-order valence-electron chi connectivity index (χ2n) is 8.99. The minimum Gasteiger partial charge on any atom is -0.487 e. The van der Waals surface area contributed by atoms with Crippen molar-refractivity contribution in [1.82, 2.24) is 19.6 Å². The van der Waals surface area contributed by atoms with Crippen molar-refractivity contribution in [2.45, 2.75) is 39.3 Å². The summed E-state index contributed by atoms with van der Waals surface area (Å²) in [5, 5.41) is 3.01. The second kappa shape index (κ2) is 9.66. The largest absolute Gasteiger partial charge is 0.487 e. The summed E-state index contributed by atoms with van der Waals surface area (Å²) in [4.78, 5) is 31.7. The number of aromatic nitrogens is 2. The van der Waals surface area contributed by atoms with E-state index in [-0.39, 0.29) is 17.9 Å². The van der Waals surface area contributed by atoms with Crippen LogP contribution in [0.5, 0.6) is 5.75 Å². The van der Waals surface area contributed by atoms with Gasteiger partial charge in [-0.25, -0.2) is 4.98 Å². The van der Waals surface area contributed by atoms with Gasteiger partial charge in [0.2, 0.25) is 0 Å². The Bertz CT molecular complexity index is 1350. The number of amides is 2. The average Bonchev–Trinajstić information content (AvgIpc) is 3.48. The maximum absolute atomic E-state index is 12.9. The molecule has 3 aromatic heterocycles. The minimum absolute atomic E-state index is 0.0149. The van der Waals surface area contributed by atoms with E-state index in [1.165, 1.54) is 11.8 Å². The lowest BCUT2D eigenvalue weighted by atomic mass is 10.0. The molecule has 0 radical (unpaired) electrons. The highest BCUT2D eigenvalue weighted by Gasteiger charge is 2.26. The lowest BCUT2D eigenvalue weighted by molar-refractivity contribution is 0.0695. The zero-order chi connectivity index (χ0) is 24.4.